The molecule has 1 saturated heterocycles. The van der Waals surface area contributed by atoms with Gasteiger partial charge in [-0.15, -0.1) is 0 Å². The van der Waals surface area contributed by atoms with Gasteiger partial charge in [-0.2, -0.15) is 4.31 Å². The molecular formula is C22H25FN2O5S. The van der Waals surface area contributed by atoms with E-state index >= 15 is 0 Å². The Kier molecular flexibility index (Phi) is 7.75. The van der Waals surface area contributed by atoms with Crippen LogP contribution >= 0.6 is 0 Å². The molecule has 0 spiro atoms. The van der Waals surface area contributed by atoms with Crippen LogP contribution in [0, 0.1) is 11.7 Å². The van der Waals surface area contributed by atoms with Crippen LogP contribution in [0.25, 0.3) is 0 Å². The number of carbonyl (C=O) groups excluding carboxylic acids is 2. The minimum absolute atomic E-state index is 0.0158. The molecule has 1 aliphatic heterocycles. The number of carbonyl (C=O) groups is 2. The van der Waals surface area contributed by atoms with Gasteiger partial charge in [0.2, 0.25) is 10.0 Å². The van der Waals surface area contributed by atoms with E-state index in [1.54, 1.807) is 0 Å². The molecule has 0 radical (unpaired) electrons. The van der Waals surface area contributed by atoms with Gasteiger partial charge in [0, 0.05) is 19.6 Å². The first-order valence-corrected chi connectivity index (χ1v) is 11.5. The van der Waals surface area contributed by atoms with Crippen molar-refractivity contribution >= 4 is 21.9 Å². The van der Waals surface area contributed by atoms with Crippen molar-refractivity contribution in [1.82, 2.24) is 9.62 Å². The zero-order chi connectivity index (χ0) is 22.3. The summed E-state index contributed by atoms with van der Waals surface area (Å²) < 4.78 is 44.7. The number of hydrogen-bond acceptors (Lipinski definition) is 5. The molecule has 2 aromatic carbocycles. The van der Waals surface area contributed by atoms with E-state index in [4.69, 9.17) is 4.74 Å². The molecule has 1 aliphatic rings. The van der Waals surface area contributed by atoms with E-state index < -0.39 is 27.7 Å². The third-order valence-electron chi connectivity index (χ3n) is 5.16. The second-order valence-corrected chi connectivity index (χ2v) is 9.26. The Bertz CT molecular complexity index is 988. The fourth-order valence-corrected chi connectivity index (χ4v) is 4.85. The Hall–Kier alpha value is -2.78. The predicted octanol–water partition coefficient (Wildman–Crippen LogP) is 2.13. The highest BCUT2D eigenvalue weighted by molar-refractivity contribution is 7.89. The lowest BCUT2D eigenvalue weighted by Crippen LogP contribution is -2.41. The first-order chi connectivity index (χ1) is 14.9. The van der Waals surface area contributed by atoms with Gasteiger partial charge in [0.1, 0.15) is 5.82 Å². The highest BCUT2D eigenvalue weighted by atomic mass is 32.2. The number of sulfonamides is 1. The van der Waals surface area contributed by atoms with Crippen LogP contribution in [-0.2, 0) is 30.8 Å². The molecule has 9 heteroatoms. The minimum atomic E-state index is -3.74. The second kappa shape index (κ2) is 10.5. The molecule has 2 aromatic rings. The average Bonchev–Trinajstić information content (AvgIpc) is 2.78. The summed E-state index contributed by atoms with van der Waals surface area (Å²) in [6.07, 6.45) is 1.28. The first kappa shape index (κ1) is 22.9. The van der Waals surface area contributed by atoms with Crippen LogP contribution < -0.4 is 5.32 Å². The summed E-state index contributed by atoms with van der Waals surface area (Å²) in [6, 6.07) is 14.4. The van der Waals surface area contributed by atoms with E-state index in [2.05, 4.69) is 5.32 Å². The highest BCUT2D eigenvalue weighted by Crippen LogP contribution is 2.24. The normalized spacial score (nSPS) is 15.4. The van der Waals surface area contributed by atoms with Crippen molar-refractivity contribution in [2.75, 3.05) is 26.2 Å². The van der Waals surface area contributed by atoms with Crippen molar-refractivity contribution in [3.8, 4) is 0 Å². The van der Waals surface area contributed by atoms with Crippen molar-refractivity contribution in [3.05, 3.63) is 66.0 Å². The highest BCUT2D eigenvalue weighted by Gasteiger charge is 2.33. The van der Waals surface area contributed by atoms with Crippen molar-refractivity contribution in [2.24, 2.45) is 5.92 Å². The molecule has 166 valence electrons. The Morgan fingerprint density at radius 2 is 1.68 bits per heavy atom. The van der Waals surface area contributed by atoms with E-state index in [1.807, 2.05) is 30.3 Å². The van der Waals surface area contributed by atoms with Gasteiger partial charge in [0.15, 0.2) is 6.61 Å². The Balaban J connectivity index is 1.39. The zero-order valence-corrected chi connectivity index (χ0v) is 17.8. The molecule has 1 amide bonds. The molecule has 0 bridgehead atoms. The molecule has 31 heavy (non-hydrogen) atoms. The maximum Gasteiger partial charge on any atom is 0.309 e. The summed E-state index contributed by atoms with van der Waals surface area (Å²) in [5.74, 6) is -1.85. The van der Waals surface area contributed by atoms with Gasteiger partial charge in [-0.1, -0.05) is 30.3 Å². The van der Waals surface area contributed by atoms with Crippen molar-refractivity contribution in [1.29, 1.82) is 0 Å². The van der Waals surface area contributed by atoms with Crippen LogP contribution in [0.5, 0.6) is 0 Å². The van der Waals surface area contributed by atoms with Crippen LogP contribution in [0.4, 0.5) is 4.39 Å². The number of benzene rings is 2. The lowest BCUT2D eigenvalue weighted by molar-refractivity contribution is -0.153. The van der Waals surface area contributed by atoms with E-state index in [-0.39, 0.29) is 30.5 Å². The van der Waals surface area contributed by atoms with Gasteiger partial charge in [-0.25, -0.2) is 12.8 Å². The van der Waals surface area contributed by atoms with Crippen LogP contribution in [0.15, 0.2) is 59.5 Å². The van der Waals surface area contributed by atoms with Crippen LogP contribution in [0.1, 0.15) is 18.4 Å². The summed E-state index contributed by atoms with van der Waals surface area (Å²) in [7, 11) is -3.74. The quantitative estimate of drug-likeness (QED) is 0.625. The maximum atomic E-state index is 13.0. The van der Waals surface area contributed by atoms with Crippen molar-refractivity contribution < 1.29 is 27.1 Å². The zero-order valence-electron chi connectivity index (χ0n) is 17.0. The number of esters is 1. The van der Waals surface area contributed by atoms with Crippen LogP contribution in [0.2, 0.25) is 0 Å². The van der Waals surface area contributed by atoms with Crippen LogP contribution in [-0.4, -0.2) is 50.8 Å². The molecule has 0 atom stereocenters. The molecular weight excluding hydrogens is 423 g/mol. The first-order valence-electron chi connectivity index (χ1n) is 10.1. The number of hydrogen-bond donors (Lipinski definition) is 1. The fourth-order valence-electron chi connectivity index (χ4n) is 3.38. The number of amides is 1. The van der Waals surface area contributed by atoms with Gasteiger partial charge >= 0.3 is 5.97 Å². The Morgan fingerprint density at radius 1 is 1.03 bits per heavy atom. The molecule has 0 aromatic heterocycles. The Labute approximate surface area is 181 Å². The third-order valence-corrected chi connectivity index (χ3v) is 7.08. The van der Waals surface area contributed by atoms with E-state index in [1.165, 1.54) is 16.4 Å². The standard InChI is InChI=1S/C22H25FN2O5S/c23-19-6-8-20(9-7-19)31(28,29)25-14-11-18(12-15-25)22(27)30-16-21(26)24-13-10-17-4-2-1-3-5-17/h1-9,18H,10-16H2,(H,24,26). The van der Waals surface area contributed by atoms with Gasteiger partial charge in [-0.05, 0) is 49.1 Å². The van der Waals surface area contributed by atoms with E-state index in [9.17, 15) is 22.4 Å². The third kappa shape index (κ3) is 6.35. The number of rotatable bonds is 8. The number of piperidine rings is 1. The smallest absolute Gasteiger partial charge is 0.309 e. The average molecular weight is 449 g/mol. The van der Waals surface area contributed by atoms with Gasteiger partial charge in [0.25, 0.3) is 5.91 Å². The molecule has 0 unspecified atom stereocenters. The van der Waals surface area contributed by atoms with Gasteiger partial charge < -0.3 is 10.1 Å². The summed E-state index contributed by atoms with van der Waals surface area (Å²) >= 11 is 0. The number of nitrogens with zero attached hydrogens (tertiary/aromatic N) is 1. The fraction of sp³-hybridized carbons (Fsp3) is 0.364. The number of nitrogens with one attached hydrogen (secondary N) is 1. The monoisotopic (exact) mass is 448 g/mol. The molecule has 0 aliphatic carbocycles. The molecule has 3 rings (SSSR count). The molecule has 1 fully saturated rings. The number of ether oxygens (including phenoxy) is 1. The SMILES string of the molecule is O=C(COC(=O)C1CCN(S(=O)(=O)c2ccc(F)cc2)CC1)NCCc1ccccc1. The van der Waals surface area contributed by atoms with E-state index in [0.29, 0.717) is 25.8 Å². The summed E-state index contributed by atoms with van der Waals surface area (Å²) in [4.78, 5) is 24.1. The summed E-state index contributed by atoms with van der Waals surface area (Å²) in [5.41, 5.74) is 1.10. The second-order valence-electron chi connectivity index (χ2n) is 7.33. The summed E-state index contributed by atoms with van der Waals surface area (Å²) in [6.45, 7) is 0.396. The molecule has 1 N–H and O–H groups in total. The minimum Gasteiger partial charge on any atom is -0.455 e. The summed E-state index contributed by atoms with van der Waals surface area (Å²) in [5, 5.41) is 2.71. The molecule has 0 saturated carbocycles. The maximum absolute atomic E-state index is 13.0. The van der Waals surface area contributed by atoms with E-state index in [0.717, 1.165) is 17.7 Å². The molecule has 7 nitrogen and oxygen atoms in total. The predicted molar refractivity (Wildman–Crippen MR) is 112 cm³/mol. The largest absolute Gasteiger partial charge is 0.455 e. The van der Waals surface area contributed by atoms with Gasteiger partial charge in [0.05, 0.1) is 10.8 Å². The lowest BCUT2D eigenvalue weighted by atomic mass is 9.98. The van der Waals surface area contributed by atoms with Crippen molar-refractivity contribution in [2.45, 2.75) is 24.2 Å². The van der Waals surface area contributed by atoms with Crippen molar-refractivity contribution in [3.63, 3.8) is 0 Å². The van der Waals surface area contributed by atoms with Gasteiger partial charge in [-0.3, -0.25) is 9.59 Å². The molecule has 1 heterocycles. The number of halogens is 1. The Morgan fingerprint density at radius 3 is 2.32 bits per heavy atom. The lowest BCUT2D eigenvalue weighted by Gasteiger charge is -2.30. The topological polar surface area (TPSA) is 92.8 Å². The van der Waals surface area contributed by atoms with Crippen LogP contribution in [0.3, 0.4) is 0 Å².